The number of halogens is 1. The van der Waals surface area contributed by atoms with Crippen molar-refractivity contribution in [1.29, 1.82) is 0 Å². The van der Waals surface area contributed by atoms with Gasteiger partial charge >= 0.3 is 24.1 Å². The molecule has 0 aliphatic carbocycles. The number of pyridine rings is 2. The summed E-state index contributed by atoms with van der Waals surface area (Å²) in [5.41, 5.74) is 3.04. The van der Waals surface area contributed by atoms with Crippen molar-refractivity contribution in [3.05, 3.63) is 132 Å². The van der Waals surface area contributed by atoms with Gasteiger partial charge in [0.05, 0.1) is 25.3 Å². The molecule has 4 N–H and O–H groups in total. The Morgan fingerprint density at radius 1 is 0.492 bits per heavy atom. The van der Waals surface area contributed by atoms with Gasteiger partial charge in [0.2, 0.25) is 0 Å². The third-order valence-electron chi connectivity index (χ3n) is 9.49. The summed E-state index contributed by atoms with van der Waals surface area (Å²) >= 11 is 0. The predicted octanol–water partition coefficient (Wildman–Crippen LogP) is 2.22. The first-order chi connectivity index (χ1) is 30.6. The summed E-state index contributed by atoms with van der Waals surface area (Å²) in [4.78, 5) is 72.8. The van der Waals surface area contributed by atoms with E-state index in [1.807, 2.05) is 102 Å². The molecule has 0 saturated heterocycles. The molecule has 0 saturated carbocycles. The lowest BCUT2D eigenvalue weighted by atomic mass is 10.0. The van der Waals surface area contributed by atoms with Crippen LogP contribution in [-0.4, -0.2) is 74.3 Å². The van der Waals surface area contributed by atoms with Crippen LogP contribution in [0.4, 0.5) is 9.59 Å². The van der Waals surface area contributed by atoms with E-state index in [1.54, 1.807) is 58.2 Å². The fourth-order valence-corrected chi connectivity index (χ4v) is 6.32. The highest BCUT2D eigenvalue weighted by atomic mass is 35.5. The molecule has 0 aliphatic rings. The number of amides is 4. The number of nitrogens with one attached hydrogen (secondary N) is 4. The summed E-state index contributed by atoms with van der Waals surface area (Å²) < 4.78 is 23.3. The molecule has 352 valence electrons. The van der Waals surface area contributed by atoms with Gasteiger partial charge in [-0.2, -0.15) is 9.13 Å². The SMILES string of the molecule is COC(=O)[C@H](CC(C)C)NC(=O)c1cc[n+](COC(=O)N[C@@H](C)Cc2ccccc2)cc1.COC(=O)[C@H](CC(C)C)NC(=O)c1cc[n+](COC(=O)N[C@@H](C)Cc2ccccc2)cc1.[Cl-]. The van der Waals surface area contributed by atoms with Crippen LogP contribution in [0.15, 0.2) is 110 Å². The molecule has 0 aliphatic heterocycles. The van der Waals surface area contributed by atoms with Gasteiger partial charge < -0.3 is 52.6 Å². The second-order valence-corrected chi connectivity index (χ2v) is 16.2. The normalized spacial score (nSPS) is 12.3. The first-order valence-corrected chi connectivity index (χ1v) is 21.3. The number of nitrogens with zero attached hydrogens (tertiary/aromatic N) is 2. The monoisotopic (exact) mass is 919 g/mol. The summed E-state index contributed by atoms with van der Waals surface area (Å²) in [6.45, 7) is 11.7. The number of carbonyl (C=O) groups excluding carboxylic acids is 6. The summed E-state index contributed by atoms with van der Waals surface area (Å²) in [5.74, 6) is -1.26. The average molecular weight is 921 g/mol. The van der Waals surface area contributed by atoms with Crippen LogP contribution < -0.4 is 42.8 Å². The molecule has 4 rings (SSSR count). The van der Waals surface area contributed by atoms with Crippen molar-refractivity contribution in [2.24, 2.45) is 11.8 Å². The van der Waals surface area contributed by atoms with E-state index < -0.39 is 36.2 Å². The van der Waals surface area contributed by atoms with Crippen molar-refractivity contribution in [3.63, 3.8) is 0 Å². The Labute approximate surface area is 388 Å². The fourth-order valence-electron chi connectivity index (χ4n) is 6.32. The molecule has 2 heterocycles. The average Bonchev–Trinajstić information content (AvgIpc) is 3.27. The van der Waals surface area contributed by atoms with Gasteiger partial charge in [0.15, 0.2) is 24.8 Å². The van der Waals surface area contributed by atoms with E-state index in [-0.39, 0.29) is 61.6 Å². The van der Waals surface area contributed by atoms with Gasteiger partial charge in [-0.15, -0.1) is 0 Å². The van der Waals surface area contributed by atoms with Crippen LogP contribution in [-0.2, 0) is 54.8 Å². The van der Waals surface area contributed by atoms with Crippen LogP contribution in [0.25, 0.3) is 0 Å². The minimum atomic E-state index is -0.704. The first kappa shape index (κ1) is 54.6. The molecular formula is C48H64ClN6O10+. The van der Waals surface area contributed by atoms with Gasteiger partial charge in [0.25, 0.3) is 25.3 Å². The maximum atomic E-state index is 12.5. The summed E-state index contributed by atoms with van der Waals surface area (Å²) in [5, 5.41) is 11.0. The van der Waals surface area contributed by atoms with E-state index in [4.69, 9.17) is 18.9 Å². The molecule has 4 atom stereocenters. The molecule has 0 radical (unpaired) electrons. The maximum Gasteiger partial charge on any atom is 0.412 e. The van der Waals surface area contributed by atoms with Crippen LogP contribution in [0, 0.1) is 11.8 Å². The Bertz CT molecular complexity index is 1920. The second kappa shape index (κ2) is 29.0. The zero-order valence-electron chi connectivity index (χ0n) is 38.5. The van der Waals surface area contributed by atoms with E-state index in [9.17, 15) is 28.8 Å². The number of benzene rings is 2. The number of carbonyl (C=O) groups is 6. The standard InChI is InChI=1S/2C24H31N3O5.ClH/c2*1-17(2)14-21(23(29)31-4)26-22(28)20-10-12-27(13-11-20)16-32-24(30)25-18(3)15-19-8-6-5-7-9-19;/h2*5-13,17-18,21H,14-16H2,1-4H3,(H-,25,26,28,30);1H/p+1/t2*18-,21-;/m00./s1. The third-order valence-corrected chi connectivity index (χ3v) is 9.49. The first-order valence-electron chi connectivity index (χ1n) is 21.3. The number of hydrogen-bond donors (Lipinski definition) is 4. The van der Waals surface area contributed by atoms with Gasteiger partial charge in [0.1, 0.15) is 12.1 Å². The number of esters is 2. The van der Waals surface area contributed by atoms with Gasteiger partial charge in [-0.25, -0.2) is 19.2 Å². The molecule has 16 nitrogen and oxygen atoms in total. The van der Waals surface area contributed by atoms with Crippen molar-refractivity contribution in [2.75, 3.05) is 14.2 Å². The van der Waals surface area contributed by atoms with Gasteiger partial charge in [0, 0.05) is 36.3 Å². The number of ether oxygens (including phenoxy) is 4. The number of aromatic nitrogens is 2. The molecule has 4 aromatic rings. The molecule has 65 heavy (non-hydrogen) atoms. The van der Waals surface area contributed by atoms with Crippen molar-refractivity contribution in [2.45, 2.75) is 105 Å². The Morgan fingerprint density at radius 2 is 0.815 bits per heavy atom. The van der Waals surface area contributed by atoms with E-state index in [1.165, 1.54) is 14.2 Å². The van der Waals surface area contributed by atoms with Crippen molar-refractivity contribution in [1.82, 2.24) is 21.3 Å². The number of methoxy groups -OCH3 is 2. The number of rotatable bonds is 20. The van der Waals surface area contributed by atoms with Crippen molar-refractivity contribution < 1.29 is 69.3 Å². The molecule has 0 unspecified atom stereocenters. The van der Waals surface area contributed by atoms with Crippen molar-refractivity contribution in [3.8, 4) is 0 Å². The van der Waals surface area contributed by atoms with E-state index in [0.717, 1.165) is 11.1 Å². The fraction of sp³-hybridized carbons (Fsp3) is 0.417. The highest BCUT2D eigenvalue weighted by molar-refractivity contribution is 5.97. The molecule has 17 heteroatoms. The van der Waals surface area contributed by atoms with Crippen LogP contribution in [0.5, 0.6) is 0 Å². The molecule has 0 spiro atoms. The summed E-state index contributed by atoms with van der Waals surface area (Å²) in [7, 11) is 2.59. The van der Waals surface area contributed by atoms with Crippen LogP contribution >= 0.6 is 0 Å². The zero-order chi connectivity index (χ0) is 47.0. The number of alkyl carbamates (subject to hydrolysis) is 2. The molecule has 4 amide bonds. The van der Waals surface area contributed by atoms with Gasteiger partial charge in [-0.05, 0) is 62.5 Å². The third kappa shape index (κ3) is 21.1. The largest absolute Gasteiger partial charge is 1.00 e. The van der Waals surface area contributed by atoms with E-state index in [0.29, 0.717) is 36.8 Å². The van der Waals surface area contributed by atoms with Crippen LogP contribution in [0.1, 0.15) is 86.2 Å². The lowest BCUT2D eigenvalue weighted by molar-refractivity contribution is -0.727. The zero-order valence-corrected chi connectivity index (χ0v) is 39.2. The Balaban J connectivity index is 0.000000440. The molecular weight excluding hydrogens is 856 g/mol. The molecule has 2 aromatic heterocycles. The number of hydrogen-bond acceptors (Lipinski definition) is 10. The summed E-state index contributed by atoms with van der Waals surface area (Å²) in [6.07, 6.45) is 7.86. The Morgan fingerprint density at radius 3 is 1.11 bits per heavy atom. The van der Waals surface area contributed by atoms with Crippen molar-refractivity contribution >= 4 is 35.9 Å². The molecule has 2 aromatic carbocycles. The van der Waals surface area contributed by atoms with E-state index >= 15 is 0 Å². The Kier molecular flexibility index (Phi) is 24.4. The minimum Gasteiger partial charge on any atom is -1.00 e. The molecule has 0 fully saturated rings. The quantitative estimate of drug-likeness (QED) is 0.0581. The highest BCUT2D eigenvalue weighted by Crippen LogP contribution is 2.10. The maximum absolute atomic E-state index is 12.5. The lowest BCUT2D eigenvalue weighted by Gasteiger charge is -2.18. The summed E-state index contributed by atoms with van der Waals surface area (Å²) in [6, 6.07) is 24.6. The second-order valence-electron chi connectivity index (χ2n) is 16.2. The van der Waals surface area contributed by atoms with Gasteiger partial charge in [-0.1, -0.05) is 88.4 Å². The predicted molar refractivity (Wildman–Crippen MR) is 237 cm³/mol. The minimum absolute atomic E-state index is 0. The van der Waals surface area contributed by atoms with Crippen LogP contribution in [0.3, 0.4) is 0 Å². The molecule has 0 bridgehead atoms. The Hall–Kier alpha value is -6.55. The lowest BCUT2D eigenvalue weighted by Crippen LogP contribution is -3.00. The van der Waals surface area contributed by atoms with Crippen LogP contribution in [0.2, 0.25) is 0 Å². The smallest absolute Gasteiger partial charge is 0.412 e. The van der Waals surface area contributed by atoms with Gasteiger partial charge in [-0.3, -0.25) is 9.59 Å². The highest BCUT2D eigenvalue weighted by Gasteiger charge is 2.25. The topological polar surface area (TPSA) is 195 Å². The van der Waals surface area contributed by atoms with E-state index in [2.05, 4.69) is 21.3 Å².